The minimum atomic E-state index is 0.0259. The van der Waals surface area contributed by atoms with Crippen molar-refractivity contribution < 1.29 is 4.79 Å². The Balaban J connectivity index is 1.97. The number of pyridine rings is 1. The first kappa shape index (κ1) is 11.2. The quantitative estimate of drug-likeness (QED) is 0.896. The lowest BCUT2D eigenvalue weighted by Gasteiger charge is -2.10. The Labute approximate surface area is 106 Å². The van der Waals surface area contributed by atoms with Crippen molar-refractivity contribution in [3.05, 3.63) is 41.6 Å². The van der Waals surface area contributed by atoms with Crippen molar-refractivity contribution >= 4 is 16.8 Å². The lowest BCUT2D eigenvalue weighted by atomic mass is 10.0. The minimum Gasteiger partial charge on any atom is -0.352 e. The second-order valence-corrected chi connectivity index (χ2v) is 4.98. The molecular formula is C15H16N2O. The van der Waals surface area contributed by atoms with Gasteiger partial charge in [0.05, 0.1) is 11.1 Å². The first-order valence-corrected chi connectivity index (χ1v) is 6.38. The summed E-state index contributed by atoms with van der Waals surface area (Å²) >= 11 is 0. The summed E-state index contributed by atoms with van der Waals surface area (Å²) in [4.78, 5) is 16.6. The lowest BCUT2D eigenvalue weighted by molar-refractivity contribution is 0.0953. The molecule has 1 aliphatic rings. The fourth-order valence-electron chi connectivity index (χ4n) is 2.21. The molecule has 1 fully saturated rings. The third-order valence-corrected chi connectivity index (χ3v) is 3.47. The zero-order chi connectivity index (χ0) is 12.5. The van der Waals surface area contributed by atoms with Crippen LogP contribution in [0.4, 0.5) is 0 Å². The van der Waals surface area contributed by atoms with Crippen molar-refractivity contribution in [2.45, 2.75) is 19.8 Å². The minimum absolute atomic E-state index is 0.0259. The van der Waals surface area contributed by atoms with Gasteiger partial charge in [0, 0.05) is 18.1 Å². The topological polar surface area (TPSA) is 42.0 Å². The van der Waals surface area contributed by atoms with Gasteiger partial charge >= 0.3 is 0 Å². The van der Waals surface area contributed by atoms with E-state index in [0.717, 1.165) is 28.6 Å². The average molecular weight is 240 g/mol. The Morgan fingerprint density at radius 1 is 1.39 bits per heavy atom. The van der Waals surface area contributed by atoms with Gasteiger partial charge in [-0.15, -0.1) is 0 Å². The summed E-state index contributed by atoms with van der Waals surface area (Å²) < 4.78 is 0. The van der Waals surface area contributed by atoms with Crippen molar-refractivity contribution in [2.24, 2.45) is 5.92 Å². The van der Waals surface area contributed by atoms with E-state index in [2.05, 4.69) is 10.3 Å². The van der Waals surface area contributed by atoms with Gasteiger partial charge in [-0.2, -0.15) is 0 Å². The Kier molecular flexibility index (Phi) is 2.74. The fraction of sp³-hybridized carbons (Fsp3) is 0.333. The molecule has 0 bridgehead atoms. The summed E-state index contributed by atoms with van der Waals surface area (Å²) in [5.74, 6) is 0.723. The molecule has 3 nitrogen and oxygen atoms in total. The zero-order valence-electron chi connectivity index (χ0n) is 10.4. The number of nitrogens with one attached hydrogen (secondary N) is 1. The van der Waals surface area contributed by atoms with Gasteiger partial charge in [-0.05, 0) is 43.4 Å². The van der Waals surface area contributed by atoms with Crippen LogP contribution < -0.4 is 5.32 Å². The number of aryl methyl sites for hydroxylation is 1. The maximum absolute atomic E-state index is 12.3. The van der Waals surface area contributed by atoms with E-state index < -0.39 is 0 Å². The molecule has 0 saturated heterocycles. The van der Waals surface area contributed by atoms with E-state index in [1.807, 2.05) is 31.2 Å². The maximum atomic E-state index is 12.3. The molecule has 1 amide bonds. The molecule has 0 spiro atoms. The highest BCUT2D eigenvalue weighted by Crippen LogP contribution is 2.28. The smallest absolute Gasteiger partial charge is 0.252 e. The van der Waals surface area contributed by atoms with Crippen LogP contribution in [-0.4, -0.2) is 17.4 Å². The molecule has 92 valence electrons. The lowest BCUT2D eigenvalue weighted by Crippen LogP contribution is -2.26. The van der Waals surface area contributed by atoms with Crippen LogP contribution in [0.2, 0.25) is 0 Å². The average Bonchev–Trinajstić information content (AvgIpc) is 3.20. The predicted molar refractivity (Wildman–Crippen MR) is 71.5 cm³/mol. The van der Waals surface area contributed by atoms with Gasteiger partial charge in [-0.1, -0.05) is 12.1 Å². The second-order valence-electron chi connectivity index (χ2n) is 4.98. The van der Waals surface area contributed by atoms with Gasteiger partial charge in [-0.3, -0.25) is 9.78 Å². The van der Waals surface area contributed by atoms with E-state index in [1.54, 1.807) is 6.20 Å². The zero-order valence-corrected chi connectivity index (χ0v) is 10.4. The van der Waals surface area contributed by atoms with Crippen LogP contribution in [0.25, 0.3) is 10.9 Å². The number of benzene rings is 1. The molecule has 0 radical (unpaired) electrons. The number of aromatic nitrogens is 1. The van der Waals surface area contributed by atoms with Crippen molar-refractivity contribution in [3.63, 3.8) is 0 Å². The standard InChI is InChI=1S/C15H16N2O/c1-10-4-7-13-12(3-2-8-16-13)14(10)15(18)17-9-11-5-6-11/h2-4,7-8,11H,5-6,9H2,1H3,(H,17,18). The molecule has 1 aliphatic carbocycles. The van der Waals surface area contributed by atoms with Crippen molar-refractivity contribution in [3.8, 4) is 0 Å². The van der Waals surface area contributed by atoms with Gasteiger partial charge < -0.3 is 5.32 Å². The monoisotopic (exact) mass is 240 g/mol. The first-order chi connectivity index (χ1) is 8.75. The summed E-state index contributed by atoms with van der Waals surface area (Å²) in [7, 11) is 0. The summed E-state index contributed by atoms with van der Waals surface area (Å²) in [6, 6.07) is 7.75. The van der Waals surface area contributed by atoms with Crippen LogP contribution in [-0.2, 0) is 0 Å². The number of amides is 1. The molecule has 1 heterocycles. The third kappa shape index (κ3) is 2.08. The van der Waals surface area contributed by atoms with E-state index in [0.29, 0.717) is 5.92 Å². The molecule has 2 aromatic rings. The Hall–Kier alpha value is -1.90. The Bertz CT molecular complexity index is 602. The van der Waals surface area contributed by atoms with Crippen LogP contribution in [0.5, 0.6) is 0 Å². The van der Waals surface area contributed by atoms with Crippen LogP contribution >= 0.6 is 0 Å². The van der Waals surface area contributed by atoms with E-state index in [1.165, 1.54) is 12.8 Å². The van der Waals surface area contributed by atoms with Crippen LogP contribution in [0.1, 0.15) is 28.8 Å². The molecule has 1 aromatic heterocycles. The molecule has 1 aromatic carbocycles. The highest BCUT2D eigenvalue weighted by molar-refractivity contribution is 6.07. The summed E-state index contributed by atoms with van der Waals surface area (Å²) in [6.45, 7) is 2.77. The molecule has 0 unspecified atom stereocenters. The van der Waals surface area contributed by atoms with E-state index >= 15 is 0 Å². The number of nitrogens with zero attached hydrogens (tertiary/aromatic N) is 1. The largest absolute Gasteiger partial charge is 0.352 e. The molecule has 0 atom stereocenters. The fourth-order valence-corrected chi connectivity index (χ4v) is 2.21. The molecular weight excluding hydrogens is 224 g/mol. The number of carbonyl (C=O) groups excluding carboxylic acids is 1. The predicted octanol–water partition coefficient (Wildman–Crippen LogP) is 2.68. The molecule has 3 heteroatoms. The number of hydrogen-bond acceptors (Lipinski definition) is 2. The van der Waals surface area contributed by atoms with Crippen LogP contribution in [0.3, 0.4) is 0 Å². The van der Waals surface area contributed by atoms with E-state index in [4.69, 9.17) is 0 Å². The molecule has 3 rings (SSSR count). The Morgan fingerprint density at radius 3 is 3.00 bits per heavy atom. The molecule has 0 aliphatic heterocycles. The van der Waals surface area contributed by atoms with Crippen LogP contribution in [0.15, 0.2) is 30.5 Å². The molecule has 18 heavy (non-hydrogen) atoms. The SMILES string of the molecule is Cc1ccc2ncccc2c1C(=O)NCC1CC1. The summed E-state index contributed by atoms with van der Waals surface area (Å²) in [5.41, 5.74) is 2.64. The van der Waals surface area contributed by atoms with Crippen molar-refractivity contribution in [1.29, 1.82) is 0 Å². The molecule has 1 saturated carbocycles. The van der Waals surface area contributed by atoms with Gasteiger partial charge in [0.1, 0.15) is 0 Å². The van der Waals surface area contributed by atoms with Gasteiger partial charge in [0.25, 0.3) is 5.91 Å². The number of rotatable bonds is 3. The number of hydrogen-bond donors (Lipinski definition) is 1. The number of fused-ring (bicyclic) bond motifs is 1. The van der Waals surface area contributed by atoms with Gasteiger partial charge in [0.2, 0.25) is 0 Å². The maximum Gasteiger partial charge on any atom is 0.252 e. The normalized spacial score (nSPS) is 14.7. The highest BCUT2D eigenvalue weighted by atomic mass is 16.1. The summed E-state index contributed by atoms with van der Waals surface area (Å²) in [6.07, 6.45) is 4.25. The highest BCUT2D eigenvalue weighted by Gasteiger charge is 2.22. The van der Waals surface area contributed by atoms with Gasteiger partial charge in [-0.25, -0.2) is 0 Å². The van der Waals surface area contributed by atoms with E-state index in [-0.39, 0.29) is 5.91 Å². The van der Waals surface area contributed by atoms with Gasteiger partial charge in [0.15, 0.2) is 0 Å². The van der Waals surface area contributed by atoms with Crippen molar-refractivity contribution in [1.82, 2.24) is 10.3 Å². The second kappa shape index (κ2) is 4.41. The third-order valence-electron chi connectivity index (χ3n) is 3.47. The molecule has 1 N–H and O–H groups in total. The van der Waals surface area contributed by atoms with Crippen LogP contribution in [0, 0.1) is 12.8 Å². The summed E-state index contributed by atoms with van der Waals surface area (Å²) in [5, 5.41) is 3.96. The van der Waals surface area contributed by atoms with Crippen molar-refractivity contribution in [2.75, 3.05) is 6.54 Å². The first-order valence-electron chi connectivity index (χ1n) is 6.38. The number of carbonyl (C=O) groups is 1. The Morgan fingerprint density at radius 2 is 2.22 bits per heavy atom. The van der Waals surface area contributed by atoms with E-state index in [9.17, 15) is 4.79 Å².